The standard InChI is InChI=1S/C14H18FN3O4/c1-3-22-14(20)18-6-4-17(5-7-18)10-8-11(15)12(16-9-10)13(19)21-2/h8-9H,3-7H2,1-2H3. The van der Waals surface area contributed by atoms with E-state index in [-0.39, 0.29) is 11.8 Å². The van der Waals surface area contributed by atoms with E-state index in [2.05, 4.69) is 9.72 Å². The molecule has 8 heteroatoms. The third kappa shape index (κ3) is 3.44. The summed E-state index contributed by atoms with van der Waals surface area (Å²) in [6.45, 7) is 4.14. The van der Waals surface area contributed by atoms with Crippen molar-refractivity contribution in [3.05, 3.63) is 23.8 Å². The number of nitrogens with zero attached hydrogens (tertiary/aromatic N) is 3. The lowest BCUT2D eigenvalue weighted by molar-refractivity contribution is 0.0588. The summed E-state index contributed by atoms with van der Waals surface area (Å²) in [6, 6.07) is 1.25. The van der Waals surface area contributed by atoms with Crippen molar-refractivity contribution in [2.24, 2.45) is 0 Å². The summed E-state index contributed by atoms with van der Waals surface area (Å²) in [5.74, 6) is -1.53. The SMILES string of the molecule is CCOC(=O)N1CCN(c2cnc(C(=O)OC)c(F)c2)CC1. The highest BCUT2D eigenvalue weighted by molar-refractivity contribution is 5.87. The molecule has 0 aromatic carbocycles. The monoisotopic (exact) mass is 311 g/mol. The summed E-state index contributed by atoms with van der Waals surface area (Å²) in [5.41, 5.74) is 0.227. The van der Waals surface area contributed by atoms with E-state index in [1.54, 1.807) is 11.8 Å². The van der Waals surface area contributed by atoms with Gasteiger partial charge in [-0.25, -0.2) is 19.0 Å². The highest BCUT2D eigenvalue weighted by atomic mass is 19.1. The maximum Gasteiger partial charge on any atom is 0.409 e. The first-order valence-corrected chi connectivity index (χ1v) is 6.97. The van der Waals surface area contributed by atoms with Crippen LogP contribution in [0.15, 0.2) is 12.3 Å². The number of ether oxygens (including phenoxy) is 2. The largest absolute Gasteiger partial charge is 0.464 e. The molecule has 2 rings (SSSR count). The summed E-state index contributed by atoms with van der Waals surface area (Å²) >= 11 is 0. The number of piperazine rings is 1. The molecule has 1 saturated heterocycles. The second-order valence-electron chi connectivity index (χ2n) is 4.69. The van der Waals surface area contributed by atoms with E-state index >= 15 is 0 Å². The molecule has 0 N–H and O–H groups in total. The molecule has 120 valence electrons. The third-order valence-corrected chi connectivity index (χ3v) is 3.38. The van der Waals surface area contributed by atoms with Crippen LogP contribution in [0.1, 0.15) is 17.4 Å². The Balaban J connectivity index is 2.01. The molecule has 1 aliphatic rings. The van der Waals surface area contributed by atoms with E-state index in [0.29, 0.717) is 38.5 Å². The molecule has 0 bridgehead atoms. The van der Waals surface area contributed by atoms with Crippen LogP contribution in [0.3, 0.4) is 0 Å². The fourth-order valence-electron chi connectivity index (χ4n) is 2.21. The van der Waals surface area contributed by atoms with Crippen LogP contribution in [0, 0.1) is 5.82 Å². The van der Waals surface area contributed by atoms with Crippen molar-refractivity contribution < 1.29 is 23.5 Å². The van der Waals surface area contributed by atoms with Gasteiger partial charge in [-0.15, -0.1) is 0 Å². The number of methoxy groups -OCH3 is 1. The molecule has 0 spiro atoms. The summed E-state index contributed by atoms with van der Waals surface area (Å²) in [4.78, 5) is 30.2. The molecular formula is C14H18FN3O4. The number of esters is 1. The van der Waals surface area contributed by atoms with Gasteiger partial charge in [0.05, 0.1) is 25.6 Å². The predicted octanol–water partition coefficient (Wildman–Crippen LogP) is 1.29. The molecule has 22 heavy (non-hydrogen) atoms. The average Bonchev–Trinajstić information content (AvgIpc) is 2.54. The van der Waals surface area contributed by atoms with Gasteiger partial charge < -0.3 is 19.3 Å². The normalized spacial score (nSPS) is 14.7. The first-order chi connectivity index (χ1) is 10.6. The number of pyridine rings is 1. The van der Waals surface area contributed by atoms with Gasteiger partial charge in [0.15, 0.2) is 11.5 Å². The van der Waals surface area contributed by atoms with Crippen LogP contribution in [0.5, 0.6) is 0 Å². The molecule has 2 heterocycles. The number of hydrogen-bond acceptors (Lipinski definition) is 6. The van der Waals surface area contributed by atoms with Gasteiger partial charge in [-0.1, -0.05) is 0 Å². The summed E-state index contributed by atoms with van der Waals surface area (Å²) in [5, 5.41) is 0. The van der Waals surface area contributed by atoms with E-state index in [4.69, 9.17) is 4.74 Å². The number of halogens is 1. The first-order valence-electron chi connectivity index (χ1n) is 6.97. The molecule has 1 amide bonds. The fourth-order valence-corrected chi connectivity index (χ4v) is 2.21. The molecule has 1 fully saturated rings. The van der Waals surface area contributed by atoms with Crippen LogP contribution in [0.2, 0.25) is 0 Å². The molecule has 7 nitrogen and oxygen atoms in total. The Morgan fingerprint density at radius 1 is 1.32 bits per heavy atom. The Hall–Kier alpha value is -2.38. The minimum atomic E-state index is -0.809. The van der Waals surface area contributed by atoms with Gasteiger partial charge in [-0.3, -0.25) is 0 Å². The van der Waals surface area contributed by atoms with Crippen molar-refractivity contribution in [2.75, 3.05) is 44.8 Å². The summed E-state index contributed by atoms with van der Waals surface area (Å²) < 4.78 is 23.3. The minimum Gasteiger partial charge on any atom is -0.464 e. The number of rotatable bonds is 3. The van der Waals surface area contributed by atoms with E-state index < -0.39 is 11.8 Å². The zero-order valence-corrected chi connectivity index (χ0v) is 12.5. The molecule has 0 radical (unpaired) electrons. The Kier molecular flexibility index (Phi) is 5.13. The van der Waals surface area contributed by atoms with Crippen LogP contribution in [0.25, 0.3) is 0 Å². The van der Waals surface area contributed by atoms with Crippen molar-refractivity contribution >= 4 is 17.7 Å². The van der Waals surface area contributed by atoms with E-state index in [1.165, 1.54) is 19.4 Å². The van der Waals surface area contributed by atoms with Crippen molar-refractivity contribution in [3.63, 3.8) is 0 Å². The van der Waals surface area contributed by atoms with Crippen LogP contribution < -0.4 is 4.90 Å². The lowest BCUT2D eigenvalue weighted by atomic mass is 10.2. The topological polar surface area (TPSA) is 72.0 Å². The third-order valence-electron chi connectivity index (χ3n) is 3.38. The van der Waals surface area contributed by atoms with Crippen LogP contribution in [-0.2, 0) is 9.47 Å². The van der Waals surface area contributed by atoms with Gasteiger partial charge in [-0.2, -0.15) is 0 Å². The molecule has 0 saturated carbocycles. The van der Waals surface area contributed by atoms with Crippen molar-refractivity contribution in [1.82, 2.24) is 9.88 Å². The first kappa shape index (κ1) is 16.0. The van der Waals surface area contributed by atoms with E-state index in [9.17, 15) is 14.0 Å². The quantitative estimate of drug-likeness (QED) is 0.783. The molecule has 1 aromatic rings. The fraction of sp³-hybridized carbons (Fsp3) is 0.500. The van der Waals surface area contributed by atoms with Gasteiger partial charge in [0.2, 0.25) is 0 Å². The van der Waals surface area contributed by atoms with Crippen molar-refractivity contribution in [2.45, 2.75) is 6.92 Å². The number of carbonyl (C=O) groups is 2. The van der Waals surface area contributed by atoms with Gasteiger partial charge in [-0.05, 0) is 6.92 Å². The second kappa shape index (κ2) is 7.06. The molecule has 0 aliphatic carbocycles. The zero-order valence-electron chi connectivity index (χ0n) is 12.5. The van der Waals surface area contributed by atoms with Gasteiger partial charge in [0.1, 0.15) is 0 Å². The maximum atomic E-state index is 13.9. The molecule has 0 atom stereocenters. The summed E-state index contributed by atoms with van der Waals surface area (Å²) in [6.07, 6.45) is 1.09. The molecule has 1 aromatic heterocycles. The van der Waals surface area contributed by atoms with Crippen molar-refractivity contribution in [1.29, 1.82) is 0 Å². The second-order valence-corrected chi connectivity index (χ2v) is 4.69. The summed E-state index contributed by atoms with van der Waals surface area (Å²) in [7, 11) is 1.17. The van der Waals surface area contributed by atoms with Crippen molar-refractivity contribution in [3.8, 4) is 0 Å². The highest BCUT2D eigenvalue weighted by Gasteiger charge is 2.23. The van der Waals surface area contributed by atoms with Crippen LogP contribution in [-0.4, -0.2) is 61.8 Å². The Morgan fingerprint density at radius 2 is 2.00 bits per heavy atom. The van der Waals surface area contributed by atoms with Crippen LogP contribution >= 0.6 is 0 Å². The highest BCUT2D eigenvalue weighted by Crippen LogP contribution is 2.19. The maximum absolute atomic E-state index is 13.9. The number of anilines is 1. The average molecular weight is 311 g/mol. The number of amides is 1. The zero-order chi connectivity index (χ0) is 16.1. The van der Waals surface area contributed by atoms with E-state index in [1.807, 2.05) is 4.90 Å². The van der Waals surface area contributed by atoms with Crippen LogP contribution in [0.4, 0.5) is 14.9 Å². The lowest BCUT2D eigenvalue weighted by Crippen LogP contribution is -2.49. The predicted molar refractivity (Wildman–Crippen MR) is 76.3 cm³/mol. The Morgan fingerprint density at radius 3 is 2.55 bits per heavy atom. The Bertz CT molecular complexity index is 559. The smallest absolute Gasteiger partial charge is 0.409 e. The molecular weight excluding hydrogens is 293 g/mol. The lowest BCUT2D eigenvalue weighted by Gasteiger charge is -2.35. The number of carbonyl (C=O) groups excluding carboxylic acids is 2. The van der Waals surface area contributed by atoms with Gasteiger partial charge in [0, 0.05) is 32.2 Å². The van der Waals surface area contributed by atoms with E-state index in [0.717, 1.165) is 0 Å². The molecule has 1 aliphatic heterocycles. The minimum absolute atomic E-state index is 0.336. The van der Waals surface area contributed by atoms with Gasteiger partial charge in [0.25, 0.3) is 0 Å². The van der Waals surface area contributed by atoms with Gasteiger partial charge >= 0.3 is 12.1 Å². The Labute approximate surface area is 127 Å². The molecule has 0 unspecified atom stereocenters. The number of aromatic nitrogens is 1. The number of hydrogen-bond donors (Lipinski definition) is 0.